The fourth-order valence-electron chi connectivity index (χ4n) is 2.84. The fourth-order valence-corrected chi connectivity index (χ4v) is 2.84. The van der Waals surface area contributed by atoms with Crippen LogP contribution in [0.5, 0.6) is 0 Å². The molecular weight excluding hydrogens is 294 g/mol. The van der Waals surface area contributed by atoms with Crippen LogP contribution < -0.4 is 5.32 Å². The maximum atomic E-state index is 5.53. The summed E-state index contributed by atoms with van der Waals surface area (Å²) >= 11 is 0. The second-order valence-corrected chi connectivity index (χ2v) is 6.99. The first-order valence-electron chi connectivity index (χ1n) is 10.8. The molecule has 0 fully saturated rings. The topological polar surface area (TPSA) is 21.3 Å². The van der Waals surface area contributed by atoms with Gasteiger partial charge in [0.1, 0.15) is 0 Å². The molecule has 0 aromatic heterocycles. The predicted molar refractivity (Wildman–Crippen MR) is 109 cm³/mol. The fraction of sp³-hybridized carbons (Fsp3) is 0.909. The van der Waals surface area contributed by atoms with Crippen molar-refractivity contribution in [3.8, 4) is 0 Å². The average Bonchev–Trinajstić information content (AvgIpc) is 2.60. The Hall–Kier alpha value is -0.340. The Kier molecular flexibility index (Phi) is 22.3. The Labute approximate surface area is 152 Å². The van der Waals surface area contributed by atoms with Gasteiger partial charge in [0.05, 0.1) is 6.73 Å². The van der Waals surface area contributed by atoms with Gasteiger partial charge >= 0.3 is 0 Å². The van der Waals surface area contributed by atoms with Gasteiger partial charge in [-0.05, 0) is 45.1 Å². The van der Waals surface area contributed by atoms with Crippen LogP contribution >= 0.6 is 0 Å². The van der Waals surface area contributed by atoms with Crippen LogP contribution in [-0.2, 0) is 4.74 Å². The first-order valence-corrected chi connectivity index (χ1v) is 10.8. The van der Waals surface area contributed by atoms with Crippen LogP contribution in [0.3, 0.4) is 0 Å². The van der Waals surface area contributed by atoms with Crippen molar-refractivity contribution in [2.24, 2.45) is 0 Å². The van der Waals surface area contributed by atoms with Gasteiger partial charge in [-0.25, -0.2) is 0 Å². The van der Waals surface area contributed by atoms with E-state index in [9.17, 15) is 0 Å². The van der Waals surface area contributed by atoms with Crippen molar-refractivity contribution in [2.45, 2.75) is 110 Å². The van der Waals surface area contributed by atoms with Gasteiger partial charge in [-0.3, -0.25) is 5.32 Å². The molecule has 0 aromatic rings. The summed E-state index contributed by atoms with van der Waals surface area (Å²) in [6.07, 6.45) is 25.0. The van der Waals surface area contributed by atoms with Crippen molar-refractivity contribution in [1.29, 1.82) is 0 Å². The van der Waals surface area contributed by atoms with E-state index in [4.69, 9.17) is 4.74 Å². The van der Waals surface area contributed by atoms with Crippen molar-refractivity contribution in [3.05, 3.63) is 12.2 Å². The summed E-state index contributed by atoms with van der Waals surface area (Å²) in [6, 6.07) is 0. The molecule has 2 nitrogen and oxygen atoms in total. The van der Waals surface area contributed by atoms with Crippen molar-refractivity contribution in [2.75, 3.05) is 19.9 Å². The number of ether oxygens (including phenoxy) is 1. The predicted octanol–water partition coefficient (Wildman–Crippen LogP) is 7.00. The van der Waals surface area contributed by atoms with E-state index >= 15 is 0 Å². The highest BCUT2D eigenvalue weighted by molar-refractivity contribution is 4.81. The standard InChI is InChI=1S/C22H45NO/c1-3-5-6-7-8-9-10-11-12-13-14-15-16-17-18-19-21-24-22-23-20-4-2/h11-12,23H,3-10,13-22H2,1-2H3/b12-11-. The third-order valence-electron chi connectivity index (χ3n) is 4.43. The number of hydrogen-bond donors (Lipinski definition) is 1. The zero-order valence-corrected chi connectivity index (χ0v) is 16.8. The number of hydrogen-bond acceptors (Lipinski definition) is 2. The van der Waals surface area contributed by atoms with E-state index in [1.165, 1.54) is 96.3 Å². The van der Waals surface area contributed by atoms with Crippen LogP contribution in [0.2, 0.25) is 0 Å². The van der Waals surface area contributed by atoms with Crippen LogP contribution in [0, 0.1) is 0 Å². The molecule has 0 heterocycles. The Morgan fingerprint density at radius 1 is 0.625 bits per heavy atom. The highest BCUT2D eigenvalue weighted by Crippen LogP contribution is 2.09. The number of rotatable bonds is 20. The van der Waals surface area contributed by atoms with Crippen LogP contribution in [-0.4, -0.2) is 19.9 Å². The van der Waals surface area contributed by atoms with Crippen molar-refractivity contribution in [1.82, 2.24) is 5.32 Å². The first kappa shape index (κ1) is 23.7. The minimum Gasteiger partial charge on any atom is -0.366 e. The van der Waals surface area contributed by atoms with E-state index in [2.05, 4.69) is 31.3 Å². The maximum absolute atomic E-state index is 5.53. The lowest BCUT2D eigenvalue weighted by molar-refractivity contribution is 0.113. The SMILES string of the molecule is CCCCCCCC/C=C\CCCCCCCCOCNCCC. The molecule has 0 aliphatic carbocycles. The molecule has 1 N–H and O–H groups in total. The summed E-state index contributed by atoms with van der Waals surface area (Å²) in [5.41, 5.74) is 0. The third-order valence-corrected chi connectivity index (χ3v) is 4.43. The molecule has 0 atom stereocenters. The summed E-state index contributed by atoms with van der Waals surface area (Å²) in [5.74, 6) is 0. The molecule has 2 heteroatoms. The van der Waals surface area contributed by atoms with E-state index in [-0.39, 0.29) is 0 Å². The molecule has 0 saturated heterocycles. The van der Waals surface area contributed by atoms with Gasteiger partial charge in [0, 0.05) is 6.61 Å². The van der Waals surface area contributed by atoms with Crippen molar-refractivity contribution >= 4 is 0 Å². The zero-order valence-electron chi connectivity index (χ0n) is 16.8. The van der Waals surface area contributed by atoms with Gasteiger partial charge < -0.3 is 4.74 Å². The highest BCUT2D eigenvalue weighted by atomic mass is 16.5. The van der Waals surface area contributed by atoms with E-state index in [1.54, 1.807) is 0 Å². The summed E-state index contributed by atoms with van der Waals surface area (Å²) in [4.78, 5) is 0. The first-order chi connectivity index (χ1) is 11.9. The van der Waals surface area contributed by atoms with E-state index in [0.29, 0.717) is 0 Å². The monoisotopic (exact) mass is 339 g/mol. The summed E-state index contributed by atoms with van der Waals surface area (Å²) < 4.78 is 5.53. The number of nitrogens with one attached hydrogen (secondary N) is 1. The zero-order chi connectivity index (χ0) is 17.6. The lowest BCUT2D eigenvalue weighted by atomic mass is 10.1. The molecule has 0 aliphatic heterocycles. The molecule has 0 aromatic carbocycles. The molecule has 0 aliphatic rings. The normalized spacial score (nSPS) is 11.6. The smallest absolute Gasteiger partial charge is 0.0965 e. The minimum absolute atomic E-state index is 0.721. The number of allylic oxidation sites excluding steroid dienone is 2. The van der Waals surface area contributed by atoms with Crippen LogP contribution in [0.15, 0.2) is 12.2 Å². The van der Waals surface area contributed by atoms with E-state index < -0.39 is 0 Å². The average molecular weight is 340 g/mol. The second-order valence-electron chi connectivity index (χ2n) is 6.99. The van der Waals surface area contributed by atoms with Crippen LogP contribution in [0.4, 0.5) is 0 Å². The van der Waals surface area contributed by atoms with Gasteiger partial charge in [0.25, 0.3) is 0 Å². The van der Waals surface area contributed by atoms with Crippen molar-refractivity contribution in [3.63, 3.8) is 0 Å². The summed E-state index contributed by atoms with van der Waals surface area (Å²) in [5, 5.41) is 3.26. The Bertz CT molecular complexity index is 240. The summed E-state index contributed by atoms with van der Waals surface area (Å²) in [6.45, 7) is 7.16. The Morgan fingerprint density at radius 2 is 1.17 bits per heavy atom. The van der Waals surface area contributed by atoms with Gasteiger partial charge in [0.2, 0.25) is 0 Å². The molecule has 24 heavy (non-hydrogen) atoms. The van der Waals surface area contributed by atoms with Crippen LogP contribution in [0.25, 0.3) is 0 Å². The molecule has 0 radical (unpaired) electrons. The molecule has 0 rings (SSSR count). The quantitative estimate of drug-likeness (QED) is 0.146. The van der Waals surface area contributed by atoms with Crippen LogP contribution in [0.1, 0.15) is 110 Å². The third kappa shape index (κ3) is 21.7. The highest BCUT2D eigenvalue weighted by Gasteiger charge is 1.92. The summed E-state index contributed by atoms with van der Waals surface area (Å²) in [7, 11) is 0. The largest absolute Gasteiger partial charge is 0.366 e. The number of unbranched alkanes of at least 4 members (excludes halogenated alkanes) is 12. The van der Waals surface area contributed by atoms with E-state index in [1.807, 2.05) is 0 Å². The van der Waals surface area contributed by atoms with Gasteiger partial charge in [-0.1, -0.05) is 83.8 Å². The molecule has 0 spiro atoms. The molecule has 144 valence electrons. The lowest BCUT2D eigenvalue weighted by Crippen LogP contribution is -2.18. The molecule has 0 amide bonds. The Balaban J connectivity index is 3.03. The lowest BCUT2D eigenvalue weighted by Gasteiger charge is -2.05. The molecular formula is C22H45NO. The van der Waals surface area contributed by atoms with Gasteiger partial charge in [-0.2, -0.15) is 0 Å². The second kappa shape index (κ2) is 22.7. The van der Waals surface area contributed by atoms with Gasteiger partial charge in [-0.15, -0.1) is 0 Å². The Morgan fingerprint density at radius 3 is 1.75 bits per heavy atom. The van der Waals surface area contributed by atoms with Crippen molar-refractivity contribution < 1.29 is 4.74 Å². The molecule has 0 bridgehead atoms. The molecule has 0 unspecified atom stereocenters. The minimum atomic E-state index is 0.721. The molecule has 0 saturated carbocycles. The van der Waals surface area contributed by atoms with Gasteiger partial charge in [0.15, 0.2) is 0 Å². The van der Waals surface area contributed by atoms with E-state index in [0.717, 1.165) is 19.9 Å². The maximum Gasteiger partial charge on any atom is 0.0965 e.